The maximum absolute atomic E-state index is 13.8. The van der Waals surface area contributed by atoms with E-state index < -0.39 is 11.7 Å². The van der Waals surface area contributed by atoms with Gasteiger partial charge in [0.05, 0.1) is 16.3 Å². The van der Waals surface area contributed by atoms with Crippen LogP contribution in [0.1, 0.15) is 38.6 Å². The van der Waals surface area contributed by atoms with Gasteiger partial charge in [0.15, 0.2) is 0 Å². The van der Waals surface area contributed by atoms with Crippen LogP contribution in [0.2, 0.25) is 5.02 Å². The van der Waals surface area contributed by atoms with E-state index in [9.17, 15) is 14.0 Å². The number of halogens is 2. The highest BCUT2D eigenvalue weighted by Gasteiger charge is 2.26. The number of rotatable bonds is 4. The monoisotopic (exact) mass is 396 g/mol. The highest BCUT2D eigenvalue weighted by atomic mass is 35.5. The smallest absolute Gasteiger partial charge is 0.267 e. The molecule has 26 heavy (non-hydrogen) atoms. The predicted octanol–water partition coefficient (Wildman–Crippen LogP) is 2.92. The Kier molecular flexibility index (Phi) is 5.83. The van der Waals surface area contributed by atoms with Crippen LogP contribution < -0.4 is 5.32 Å². The number of nitrogens with one attached hydrogen (secondary N) is 1. The molecule has 0 bridgehead atoms. The van der Waals surface area contributed by atoms with Gasteiger partial charge in [0.2, 0.25) is 0 Å². The summed E-state index contributed by atoms with van der Waals surface area (Å²) in [5.41, 5.74) is 0.520. The van der Waals surface area contributed by atoms with Crippen LogP contribution in [0.25, 0.3) is 0 Å². The van der Waals surface area contributed by atoms with Crippen molar-refractivity contribution in [3.8, 4) is 0 Å². The Bertz CT molecular complexity index is 801. The number of piperidine rings is 1. The van der Waals surface area contributed by atoms with Crippen LogP contribution in [0.3, 0.4) is 0 Å². The minimum Gasteiger partial charge on any atom is -0.352 e. The second kappa shape index (κ2) is 8.09. The first kappa shape index (κ1) is 18.7. The highest BCUT2D eigenvalue weighted by molar-refractivity contribution is 7.07. The predicted molar refractivity (Wildman–Crippen MR) is 97.0 cm³/mol. The van der Waals surface area contributed by atoms with Crippen LogP contribution in [0.4, 0.5) is 4.39 Å². The van der Waals surface area contributed by atoms with E-state index >= 15 is 0 Å². The fraction of sp³-hybridized carbons (Fsp3) is 0.412. The molecule has 0 spiro atoms. The van der Waals surface area contributed by atoms with Crippen LogP contribution in [0.15, 0.2) is 18.2 Å². The Hall–Kier alpha value is -2.06. The molecule has 0 unspecified atom stereocenters. The molecule has 9 heteroatoms. The number of hydrogen-bond acceptors (Lipinski definition) is 5. The van der Waals surface area contributed by atoms with E-state index in [1.54, 1.807) is 11.8 Å². The lowest BCUT2D eigenvalue weighted by atomic mass is 9.96. The number of carbonyl (C=O) groups excluding carboxylic acids is 2. The summed E-state index contributed by atoms with van der Waals surface area (Å²) in [5.74, 6) is -0.964. The third-order valence-corrected chi connectivity index (χ3v) is 5.62. The summed E-state index contributed by atoms with van der Waals surface area (Å²) in [7, 11) is 0. The van der Waals surface area contributed by atoms with Gasteiger partial charge in [-0.05, 0) is 49.3 Å². The van der Waals surface area contributed by atoms with Gasteiger partial charge in [-0.3, -0.25) is 9.59 Å². The maximum atomic E-state index is 13.8. The molecule has 2 amide bonds. The quantitative estimate of drug-likeness (QED) is 0.862. The minimum absolute atomic E-state index is 0.0434. The number of amides is 2. The molecule has 2 heterocycles. The molecular weight excluding hydrogens is 379 g/mol. The van der Waals surface area contributed by atoms with Crippen LogP contribution in [-0.2, 0) is 0 Å². The van der Waals surface area contributed by atoms with E-state index in [4.69, 9.17) is 11.6 Å². The highest BCUT2D eigenvalue weighted by Crippen LogP contribution is 2.22. The minimum atomic E-state index is -0.635. The number of aryl methyl sites for hydroxylation is 1. The van der Waals surface area contributed by atoms with Crippen LogP contribution >= 0.6 is 23.1 Å². The SMILES string of the molecule is Cc1nnsc1C(=O)N1CCC(CNC(=O)c2c(F)cccc2Cl)CC1. The van der Waals surface area contributed by atoms with Crippen molar-refractivity contribution in [1.29, 1.82) is 0 Å². The second-order valence-corrected chi connectivity index (χ2v) is 7.39. The Labute approximate surface area is 159 Å². The lowest BCUT2D eigenvalue weighted by molar-refractivity contribution is 0.0688. The lowest BCUT2D eigenvalue weighted by Crippen LogP contribution is -2.41. The van der Waals surface area contributed by atoms with Crippen molar-refractivity contribution in [1.82, 2.24) is 19.8 Å². The van der Waals surface area contributed by atoms with E-state index in [0.717, 1.165) is 24.4 Å². The Balaban J connectivity index is 1.51. The molecule has 3 rings (SSSR count). The molecule has 0 aliphatic carbocycles. The summed E-state index contributed by atoms with van der Waals surface area (Å²) in [5, 5.41) is 6.71. The molecule has 1 aliphatic heterocycles. The van der Waals surface area contributed by atoms with Gasteiger partial charge in [-0.1, -0.05) is 22.2 Å². The van der Waals surface area contributed by atoms with E-state index in [-0.39, 0.29) is 22.4 Å². The molecule has 1 N–H and O–H groups in total. The molecule has 0 radical (unpaired) electrons. The van der Waals surface area contributed by atoms with Gasteiger partial charge in [-0.15, -0.1) is 5.10 Å². The molecule has 1 saturated heterocycles. The molecule has 2 aromatic rings. The number of nitrogens with zero attached hydrogens (tertiary/aromatic N) is 3. The third kappa shape index (κ3) is 4.02. The van der Waals surface area contributed by atoms with Crippen molar-refractivity contribution < 1.29 is 14.0 Å². The first-order chi connectivity index (χ1) is 12.5. The van der Waals surface area contributed by atoms with Gasteiger partial charge in [0, 0.05) is 19.6 Å². The summed E-state index contributed by atoms with van der Waals surface area (Å²) in [6, 6.07) is 4.16. The summed E-state index contributed by atoms with van der Waals surface area (Å²) in [4.78, 5) is 27.0. The fourth-order valence-corrected chi connectivity index (χ4v) is 3.83. The Morgan fingerprint density at radius 2 is 2.12 bits per heavy atom. The molecule has 1 fully saturated rings. The van der Waals surface area contributed by atoms with Gasteiger partial charge in [0.1, 0.15) is 10.7 Å². The van der Waals surface area contributed by atoms with E-state index in [1.807, 2.05) is 0 Å². The zero-order chi connectivity index (χ0) is 18.7. The first-order valence-electron chi connectivity index (χ1n) is 8.27. The van der Waals surface area contributed by atoms with Gasteiger partial charge in [0.25, 0.3) is 11.8 Å². The molecule has 1 aromatic carbocycles. The number of likely N-dealkylation sites (tertiary alicyclic amines) is 1. The first-order valence-corrected chi connectivity index (χ1v) is 9.43. The van der Waals surface area contributed by atoms with Gasteiger partial charge in [-0.25, -0.2) is 4.39 Å². The van der Waals surface area contributed by atoms with Crippen molar-refractivity contribution in [2.24, 2.45) is 5.92 Å². The van der Waals surface area contributed by atoms with Crippen LogP contribution in [0, 0.1) is 18.7 Å². The van der Waals surface area contributed by atoms with Gasteiger partial charge < -0.3 is 10.2 Å². The summed E-state index contributed by atoms with van der Waals surface area (Å²) in [6.07, 6.45) is 1.53. The zero-order valence-corrected chi connectivity index (χ0v) is 15.7. The van der Waals surface area contributed by atoms with Gasteiger partial charge >= 0.3 is 0 Å². The van der Waals surface area contributed by atoms with E-state index in [0.29, 0.717) is 30.2 Å². The van der Waals surface area contributed by atoms with Crippen molar-refractivity contribution in [3.63, 3.8) is 0 Å². The molecule has 6 nitrogen and oxygen atoms in total. The molecule has 1 aromatic heterocycles. The van der Waals surface area contributed by atoms with Crippen molar-refractivity contribution in [3.05, 3.63) is 45.2 Å². The van der Waals surface area contributed by atoms with E-state index in [2.05, 4.69) is 14.9 Å². The second-order valence-electron chi connectivity index (χ2n) is 6.23. The van der Waals surface area contributed by atoms with Crippen LogP contribution in [0.5, 0.6) is 0 Å². The Morgan fingerprint density at radius 1 is 1.38 bits per heavy atom. The largest absolute Gasteiger partial charge is 0.352 e. The molecular formula is C17H18ClFN4O2S. The average molecular weight is 397 g/mol. The molecule has 0 atom stereocenters. The molecule has 1 aliphatic rings. The number of hydrogen-bond donors (Lipinski definition) is 1. The summed E-state index contributed by atoms with van der Waals surface area (Å²) >= 11 is 7.02. The lowest BCUT2D eigenvalue weighted by Gasteiger charge is -2.31. The topological polar surface area (TPSA) is 75.2 Å². The summed E-state index contributed by atoms with van der Waals surface area (Å²) in [6.45, 7) is 3.41. The third-order valence-electron chi connectivity index (χ3n) is 4.49. The molecule has 138 valence electrons. The average Bonchev–Trinajstić information content (AvgIpc) is 3.05. The molecule has 0 saturated carbocycles. The number of aromatic nitrogens is 2. The normalized spacial score (nSPS) is 15.1. The van der Waals surface area contributed by atoms with Crippen LogP contribution in [-0.4, -0.2) is 45.9 Å². The zero-order valence-electron chi connectivity index (χ0n) is 14.2. The Morgan fingerprint density at radius 3 is 2.73 bits per heavy atom. The fourth-order valence-electron chi connectivity index (χ4n) is 2.95. The maximum Gasteiger partial charge on any atom is 0.267 e. The standard InChI is InChI=1S/C17H18ClFN4O2S/c1-10-15(26-22-21-10)17(25)23-7-5-11(6-8-23)9-20-16(24)14-12(18)3-2-4-13(14)19/h2-4,11H,5-9H2,1H3,(H,20,24). The van der Waals surface area contributed by atoms with Crippen molar-refractivity contribution >= 4 is 34.9 Å². The summed E-state index contributed by atoms with van der Waals surface area (Å²) < 4.78 is 17.6. The van der Waals surface area contributed by atoms with Gasteiger partial charge in [-0.2, -0.15) is 0 Å². The number of benzene rings is 1. The van der Waals surface area contributed by atoms with Crippen molar-refractivity contribution in [2.75, 3.05) is 19.6 Å². The number of carbonyl (C=O) groups is 2. The van der Waals surface area contributed by atoms with E-state index in [1.165, 1.54) is 18.2 Å². The van der Waals surface area contributed by atoms with Crippen molar-refractivity contribution in [2.45, 2.75) is 19.8 Å².